The van der Waals surface area contributed by atoms with Crippen LogP contribution in [0.5, 0.6) is 11.5 Å². The predicted octanol–water partition coefficient (Wildman–Crippen LogP) is 4.77. The van der Waals surface area contributed by atoms with Gasteiger partial charge < -0.3 is 10.1 Å². The van der Waals surface area contributed by atoms with Crippen LogP contribution in [0.4, 0.5) is 5.69 Å². The highest BCUT2D eigenvalue weighted by molar-refractivity contribution is 5.94. The summed E-state index contributed by atoms with van der Waals surface area (Å²) in [6.45, 7) is 0. The van der Waals surface area contributed by atoms with Crippen molar-refractivity contribution >= 4 is 11.6 Å². The van der Waals surface area contributed by atoms with Crippen LogP contribution in [0, 0.1) is 5.92 Å². The van der Waals surface area contributed by atoms with Crippen LogP contribution >= 0.6 is 0 Å². The van der Waals surface area contributed by atoms with Crippen molar-refractivity contribution in [2.45, 2.75) is 19.3 Å². The number of para-hydroxylation sites is 3. The lowest BCUT2D eigenvalue weighted by Crippen LogP contribution is -2.23. The fraction of sp³-hybridized carbons (Fsp3) is 0.211. The minimum Gasteiger partial charge on any atom is -0.455 e. The molecule has 0 unspecified atom stereocenters. The minimum absolute atomic E-state index is 0.0507. The first-order valence-corrected chi connectivity index (χ1v) is 7.61. The van der Waals surface area contributed by atoms with Crippen LogP contribution in [-0.2, 0) is 4.79 Å². The summed E-state index contributed by atoms with van der Waals surface area (Å²) in [4.78, 5) is 12.4. The molecule has 0 heterocycles. The van der Waals surface area contributed by atoms with Crippen LogP contribution in [0.3, 0.4) is 0 Å². The van der Waals surface area contributed by atoms with Gasteiger partial charge in [0.15, 0.2) is 5.75 Å². The average molecular weight is 293 g/mol. The van der Waals surface area contributed by atoms with E-state index in [0.717, 1.165) is 25.0 Å². The van der Waals surface area contributed by atoms with E-state index in [1.165, 1.54) is 0 Å². The third-order valence-corrected chi connectivity index (χ3v) is 3.76. The van der Waals surface area contributed by atoms with Crippen LogP contribution in [0.25, 0.3) is 0 Å². The predicted molar refractivity (Wildman–Crippen MR) is 88.1 cm³/mol. The molecular weight excluding hydrogens is 274 g/mol. The summed E-state index contributed by atoms with van der Waals surface area (Å²) in [6, 6.07) is 17.1. The lowest BCUT2D eigenvalue weighted by atomic mass is 9.93. The minimum atomic E-state index is 0.0507. The van der Waals surface area contributed by atoms with Gasteiger partial charge in [-0.3, -0.25) is 4.79 Å². The summed E-state index contributed by atoms with van der Waals surface area (Å²) in [5.41, 5.74) is 0.714. The van der Waals surface area contributed by atoms with Crippen LogP contribution in [0.1, 0.15) is 19.3 Å². The molecule has 0 aliphatic heterocycles. The number of hydrogen-bond acceptors (Lipinski definition) is 2. The van der Waals surface area contributed by atoms with Gasteiger partial charge in [-0.05, 0) is 43.5 Å². The Kier molecular flexibility index (Phi) is 4.54. The van der Waals surface area contributed by atoms with Gasteiger partial charge >= 0.3 is 0 Å². The highest BCUT2D eigenvalue weighted by Gasteiger charge is 2.19. The van der Waals surface area contributed by atoms with Gasteiger partial charge in [0.2, 0.25) is 5.91 Å². The second-order valence-corrected chi connectivity index (χ2v) is 5.38. The van der Waals surface area contributed by atoms with Gasteiger partial charge in [0.25, 0.3) is 0 Å². The Morgan fingerprint density at radius 3 is 2.55 bits per heavy atom. The smallest absolute Gasteiger partial charge is 0.227 e. The monoisotopic (exact) mass is 293 g/mol. The number of rotatable bonds is 4. The lowest BCUT2D eigenvalue weighted by molar-refractivity contribution is -0.120. The Bertz CT molecular complexity index is 664. The van der Waals surface area contributed by atoms with Crippen LogP contribution in [0.15, 0.2) is 66.7 Å². The third-order valence-electron chi connectivity index (χ3n) is 3.76. The van der Waals surface area contributed by atoms with Crippen molar-refractivity contribution in [3.63, 3.8) is 0 Å². The zero-order chi connectivity index (χ0) is 15.2. The summed E-state index contributed by atoms with van der Waals surface area (Å²) in [6.07, 6.45) is 6.91. The van der Waals surface area contributed by atoms with E-state index in [1.807, 2.05) is 54.6 Å². The number of nitrogens with one attached hydrogen (secondary N) is 1. The summed E-state index contributed by atoms with van der Waals surface area (Å²) >= 11 is 0. The molecule has 1 N–H and O–H groups in total. The van der Waals surface area contributed by atoms with Crippen molar-refractivity contribution < 1.29 is 9.53 Å². The molecule has 0 saturated heterocycles. The molecule has 0 aromatic heterocycles. The zero-order valence-electron chi connectivity index (χ0n) is 12.4. The van der Waals surface area contributed by atoms with E-state index >= 15 is 0 Å². The number of anilines is 1. The maximum Gasteiger partial charge on any atom is 0.227 e. The van der Waals surface area contributed by atoms with Gasteiger partial charge in [-0.15, -0.1) is 0 Å². The van der Waals surface area contributed by atoms with Gasteiger partial charge in [0.05, 0.1) is 5.69 Å². The van der Waals surface area contributed by atoms with E-state index in [2.05, 4.69) is 17.5 Å². The highest BCUT2D eigenvalue weighted by Crippen LogP contribution is 2.30. The molecular formula is C19H19NO2. The van der Waals surface area contributed by atoms with Crippen LogP contribution < -0.4 is 10.1 Å². The molecule has 3 heteroatoms. The molecule has 2 aromatic carbocycles. The fourth-order valence-corrected chi connectivity index (χ4v) is 2.54. The quantitative estimate of drug-likeness (QED) is 0.824. The summed E-state index contributed by atoms with van der Waals surface area (Å²) in [5.74, 6) is 1.53. The van der Waals surface area contributed by atoms with Crippen molar-refractivity contribution in [1.29, 1.82) is 0 Å². The molecule has 0 fully saturated rings. The Morgan fingerprint density at radius 1 is 1.00 bits per heavy atom. The van der Waals surface area contributed by atoms with Gasteiger partial charge in [0.1, 0.15) is 5.75 Å². The molecule has 0 spiro atoms. The molecule has 1 amide bonds. The van der Waals surface area contributed by atoms with Crippen molar-refractivity contribution in [3.8, 4) is 11.5 Å². The topological polar surface area (TPSA) is 38.3 Å². The second-order valence-electron chi connectivity index (χ2n) is 5.38. The molecule has 1 aliphatic rings. The fourth-order valence-electron chi connectivity index (χ4n) is 2.54. The standard InChI is InChI=1S/C19H19NO2/c21-19(15-9-3-1-4-10-15)20-17-13-7-8-14-18(17)22-16-11-5-2-6-12-16/h1-3,5-8,11-15H,4,9-10H2,(H,20,21)/t15-/m0/s1. The van der Waals surface area contributed by atoms with Gasteiger partial charge in [-0.1, -0.05) is 42.5 Å². The normalized spacial score (nSPS) is 17.0. The van der Waals surface area contributed by atoms with Crippen LogP contribution in [0.2, 0.25) is 0 Å². The number of amides is 1. The number of benzene rings is 2. The molecule has 1 atom stereocenters. The van der Waals surface area contributed by atoms with Gasteiger partial charge in [0, 0.05) is 5.92 Å². The maximum atomic E-state index is 12.4. The average Bonchev–Trinajstić information content (AvgIpc) is 2.58. The maximum absolute atomic E-state index is 12.4. The molecule has 0 radical (unpaired) electrons. The second kappa shape index (κ2) is 6.94. The highest BCUT2D eigenvalue weighted by atomic mass is 16.5. The molecule has 3 rings (SSSR count). The van der Waals surface area contributed by atoms with Gasteiger partial charge in [-0.25, -0.2) is 0 Å². The first-order valence-electron chi connectivity index (χ1n) is 7.61. The van der Waals surface area contributed by atoms with E-state index in [9.17, 15) is 4.79 Å². The number of hydrogen-bond donors (Lipinski definition) is 1. The molecule has 0 bridgehead atoms. The van der Waals surface area contributed by atoms with Crippen LogP contribution in [-0.4, -0.2) is 5.91 Å². The lowest BCUT2D eigenvalue weighted by Gasteiger charge is -2.18. The molecule has 22 heavy (non-hydrogen) atoms. The summed E-state index contributed by atoms with van der Waals surface area (Å²) in [5, 5.41) is 3.00. The Hall–Kier alpha value is -2.55. The van der Waals surface area contributed by atoms with E-state index in [-0.39, 0.29) is 11.8 Å². The molecule has 2 aromatic rings. The summed E-state index contributed by atoms with van der Waals surface area (Å²) < 4.78 is 5.87. The number of allylic oxidation sites excluding steroid dienone is 2. The molecule has 112 valence electrons. The summed E-state index contributed by atoms with van der Waals surface area (Å²) in [7, 11) is 0. The number of ether oxygens (including phenoxy) is 1. The Labute approximate surface area is 130 Å². The molecule has 1 aliphatic carbocycles. The zero-order valence-corrected chi connectivity index (χ0v) is 12.4. The number of carbonyl (C=O) groups excluding carboxylic acids is 1. The van der Waals surface area contributed by atoms with E-state index in [0.29, 0.717) is 11.4 Å². The SMILES string of the molecule is O=C(Nc1ccccc1Oc1ccccc1)[C@H]1CC=CCC1. The first-order chi connectivity index (χ1) is 10.8. The molecule has 3 nitrogen and oxygen atoms in total. The Morgan fingerprint density at radius 2 is 1.77 bits per heavy atom. The largest absolute Gasteiger partial charge is 0.455 e. The number of carbonyl (C=O) groups is 1. The van der Waals surface area contributed by atoms with E-state index in [4.69, 9.17) is 4.74 Å². The Balaban J connectivity index is 1.73. The van der Waals surface area contributed by atoms with E-state index in [1.54, 1.807) is 0 Å². The third kappa shape index (κ3) is 3.55. The van der Waals surface area contributed by atoms with Crippen molar-refractivity contribution in [3.05, 3.63) is 66.7 Å². The van der Waals surface area contributed by atoms with Crippen molar-refractivity contribution in [2.75, 3.05) is 5.32 Å². The molecule has 0 saturated carbocycles. The van der Waals surface area contributed by atoms with Gasteiger partial charge in [-0.2, -0.15) is 0 Å². The van der Waals surface area contributed by atoms with Crippen molar-refractivity contribution in [2.24, 2.45) is 5.92 Å². The van der Waals surface area contributed by atoms with Crippen molar-refractivity contribution in [1.82, 2.24) is 0 Å². The first kappa shape index (κ1) is 14.4. The van der Waals surface area contributed by atoms with E-state index < -0.39 is 0 Å².